The molecule has 0 radical (unpaired) electrons. The van der Waals surface area contributed by atoms with Gasteiger partial charge >= 0.3 is 5.97 Å². The third kappa shape index (κ3) is 4.51. The van der Waals surface area contributed by atoms with Crippen molar-refractivity contribution < 1.29 is 19.4 Å². The van der Waals surface area contributed by atoms with Gasteiger partial charge in [0.25, 0.3) is 0 Å². The predicted molar refractivity (Wildman–Crippen MR) is 115 cm³/mol. The van der Waals surface area contributed by atoms with Gasteiger partial charge in [0, 0.05) is 16.9 Å². The average Bonchev–Trinajstić information content (AvgIpc) is 3.50. The molecule has 1 aliphatic carbocycles. The summed E-state index contributed by atoms with van der Waals surface area (Å²) in [6.07, 6.45) is 2.15. The van der Waals surface area contributed by atoms with Crippen molar-refractivity contribution >= 4 is 35.2 Å². The highest BCUT2D eigenvalue weighted by Gasteiger charge is 2.28. The van der Waals surface area contributed by atoms with Crippen LogP contribution in [0.4, 0.5) is 5.69 Å². The summed E-state index contributed by atoms with van der Waals surface area (Å²) >= 11 is 7.56. The topological polar surface area (TPSA) is 91.6 Å². The fraction of sp³-hybridized carbons (Fsp3) is 0.364. The second kappa shape index (κ2) is 8.76. The van der Waals surface area contributed by atoms with Crippen LogP contribution >= 0.6 is 23.5 Å². The number of nitriles is 1. The number of ether oxygens (including phenoxy) is 2. The number of anilines is 1. The standard InChI is InChI=1S/C22H21ClN2O4S/c1-12(16-10-28-11-16)29-20-8-18(23)15(9-24)6-19(20)25-30-21-7-14(22(26)27)4-5-17(21)13-2-3-13/h4-8,12-13,16,25H,2-3,10-11H2,1H3,(H,26,27). The molecule has 1 atom stereocenters. The lowest BCUT2D eigenvalue weighted by molar-refractivity contribution is -0.0775. The highest BCUT2D eigenvalue weighted by atomic mass is 35.5. The summed E-state index contributed by atoms with van der Waals surface area (Å²) in [6, 6.07) is 10.6. The number of carboxylic acid groups (broad SMARTS) is 1. The van der Waals surface area contributed by atoms with Gasteiger partial charge in [0.05, 0.1) is 35.1 Å². The number of nitrogens with zero attached hydrogens (tertiary/aromatic N) is 1. The fourth-order valence-electron chi connectivity index (χ4n) is 3.24. The first-order chi connectivity index (χ1) is 14.5. The minimum absolute atomic E-state index is 0.0642. The number of rotatable bonds is 8. The summed E-state index contributed by atoms with van der Waals surface area (Å²) in [5.74, 6) is 0.367. The van der Waals surface area contributed by atoms with Gasteiger partial charge in [-0.3, -0.25) is 0 Å². The van der Waals surface area contributed by atoms with Crippen LogP contribution in [0.3, 0.4) is 0 Å². The Labute approximate surface area is 184 Å². The number of aromatic carboxylic acids is 1. The van der Waals surface area contributed by atoms with Crippen molar-refractivity contribution in [3.63, 3.8) is 0 Å². The molecule has 1 heterocycles. The summed E-state index contributed by atoms with van der Waals surface area (Å²) in [6.45, 7) is 3.31. The minimum Gasteiger partial charge on any atom is -0.488 e. The molecule has 4 rings (SSSR count). The number of carboxylic acids is 1. The first-order valence-electron chi connectivity index (χ1n) is 9.74. The van der Waals surface area contributed by atoms with Crippen molar-refractivity contribution in [3.8, 4) is 11.8 Å². The molecule has 0 spiro atoms. The van der Waals surface area contributed by atoms with Gasteiger partial charge in [-0.15, -0.1) is 0 Å². The van der Waals surface area contributed by atoms with Crippen LogP contribution in [0.2, 0.25) is 5.02 Å². The Hall–Kier alpha value is -2.40. The van der Waals surface area contributed by atoms with Crippen molar-refractivity contribution in [3.05, 3.63) is 52.0 Å². The number of carbonyl (C=O) groups is 1. The second-order valence-electron chi connectivity index (χ2n) is 7.60. The van der Waals surface area contributed by atoms with Crippen molar-refractivity contribution in [2.75, 3.05) is 17.9 Å². The van der Waals surface area contributed by atoms with Gasteiger partial charge < -0.3 is 19.3 Å². The van der Waals surface area contributed by atoms with E-state index in [1.165, 1.54) is 11.9 Å². The molecule has 1 saturated carbocycles. The van der Waals surface area contributed by atoms with Gasteiger partial charge in [-0.1, -0.05) is 17.7 Å². The highest BCUT2D eigenvalue weighted by Crippen LogP contribution is 2.45. The third-order valence-corrected chi connectivity index (χ3v) is 6.59. The lowest BCUT2D eigenvalue weighted by Gasteiger charge is -2.32. The molecule has 2 aromatic rings. The largest absolute Gasteiger partial charge is 0.488 e. The summed E-state index contributed by atoms with van der Waals surface area (Å²) in [5.41, 5.74) is 2.34. The molecule has 2 aliphatic rings. The molecule has 0 aromatic heterocycles. The van der Waals surface area contributed by atoms with Crippen LogP contribution in [0.15, 0.2) is 35.2 Å². The van der Waals surface area contributed by atoms with Gasteiger partial charge in [-0.05, 0) is 61.4 Å². The molecule has 1 unspecified atom stereocenters. The Kier molecular flexibility index (Phi) is 6.09. The van der Waals surface area contributed by atoms with Crippen LogP contribution in [0.5, 0.6) is 5.75 Å². The Morgan fingerprint density at radius 3 is 2.73 bits per heavy atom. The van der Waals surface area contributed by atoms with E-state index in [0.717, 1.165) is 23.3 Å². The molecule has 2 aromatic carbocycles. The number of halogens is 1. The Bertz CT molecular complexity index is 1010. The zero-order valence-corrected chi connectivity index (χ0v) is 17.9. The van der Waals surface area contributed by atoms with E-state index in [9.17, 15) is 15.2 Å². The Balaban J connectivity index is 1.60. The summed E-state index contributed by atoms with van der Waals surface area (Å²) in [7, 11) is 0. The first-order valence-corrected chi connectivity index (χ1v) is 10.9. The van der Waals surface area contributed by atoms with Crippen LogP contribution in [0.25, 0.3) is 0 Å². The van der Waals surface area contributed by atoms with Gasteiger partial charge in [0.1, 0.15) is 17.9 Å². The van der Waals surface area contributed by atoms with Gasteiger partial charge in [-0.2, -0.15) is 5.26 Å². The molecule has 2 fully saturated rings. The molecule has 30 heavy (non-hydrogen) atoms. The van der Waals surface area contributed by atoms with Crippen LogP contribution in [-0.4, -0.2) is 30.4 Å². The Morgan fingerprint density at radius 1 is 1.37 bits per heavy atom. The van der Waals surface area contributed by atoms with Crippen LogP contribution < -0.4 is 9.46 Å². The smallest absolute Gasteiger partial charge is 0.335 e. The average molecular weight is 445 g/mol. The maximum absolute atomic E-state index is 11.4. The van der Waals surface area contributed by atoms with E-state index in [1.54, 1.807) is 24.3 Å². The van der Waals surface area contributed by atoms with Gasteiger partial charge in [-0.25, -0.2) is 4.79 Å². The van der Waals surface area contributed by atoms with Crippen molar-refractivity contribution in [2.45, 2.75) is 36.7 Å². The van der Waals surface area contributed by atoms with E-state index < -0.39 is 5.97 Å². The predicted octanol–water partition coefficient (Wildman–Crippen LogP) is 5.32. The number of benzene rings is 2. The quantitative estimate of drug-likeness (QED) is 0.532. The molecule has 6 nitrogen and oxygen atoms in total. The zero-order chi connectivity index (χ0) is 21.3. The maximum atomic E-state index is 11.4. The lowest BCUT2D eigenvalue weighted by Crippen LogP contribution is -2.39. The monoisotopic (exact) mass is 444 g/mol. The molecule has 1 saturated heterocycles. The normalized spacial score (nSPS) is 17.0. The highest BCUT2D eigenvalue weighted by molar-refractivity contribution is 8.00. The third-order valence-electron chi connectivity index (χ3n) is 5.38. The van der Waals surface area contributed by atoms with E-state index >= 15 is 0 Å². The van der Waals surface area contributed by atoms with Crippen molar-refractivity contribution in [1.82, 2.24) is 0 Å². The summed E-state index contributed by atoms with van der Waals surface area (Å²) in [5, 5.41) is 19.0. The number of hydrogen-bond donors (Lipinski definition) is 2. The molecular formula is C22H21ClN2O4S. The van der Waals surface area contributed by atoms with Crippen LogP contribution in [-0.2, 0) is 4.74 Å². The molecule has 8 heteroatoms. The molecule has 1 aliphatic heterocycles. The van der Waals surface area contributed by atoms with E-state index in [1.807, 2.05) is 13.0 Å². The zero-order valence-electron chi connectivity index (χ0n) is 16.4. The van der Waals surface area contributed by atoms with Gasteiger partial charge in [0.2, 0.25) is 0 Å². The van der Waals surface area contributed by atoms with Crippen LogP contribution in [0, 0.1) is 17.2 Å². The number of hydrogen-bond acceptors (Lipinski definition) is 6. The molecule has 2 N–H and O–H groups in total. The van der Waals surface area contributed by atoms with E-state index in [0.29, 0.717) is 47.1 Å². The van der Waals surface area contributed by atoms with Crippen molar-refractivity contribution in [1.29, 1.82) is 5.26 Å². The first kappa shape index (κ1) is 20.9. The van der Waals surface area contributed by atoms with Gasteiger partial charge in [0.15, 0.2) is 0 Å². The number of nitrogens with one attached hydrogen (secondary N) is 1. The van der Waals surface area contributed by atoms with E-state index in [2.05, 4.69) is 10.8 Å². The molecule has 0 bridgehead atoms. The summed E-state index contributed by atoms with van der Waals surface area (Å²) in [4.78, 5) is 12.3. The molecular weight excluding hydrogens is 424 g/mol. The second-order valence-corrected chi connectivity index (χ2v) is 8.85. The SMILES string of the molecule is CC(Oc1cc(Cl)c(C#N)cc1NSc1cc(C(=O)O)ccc1C1CC1)C1COC1. The lowest BCUT2D eigenvalue weighted by atomic mass is 10.0. The Morgan fingerprint density at radius 2 is 2.13 bits per heavy atom. The van der Waals surface area contributed by atoms with E-state index in [-0.39, 0.29) is 11.7 Å². The molecule has 156 valence electrons. The van der Waals surface area contributed by atoms with Crippen LogP contribution in [0.1, 0.15) is 47.2 Å². The van der Waals surface area contributed by atoms with E-state index in [4.69, 9.17) is 21.1 Å². The summed E-state index contributed by atoms with van der Waals surface area (Å²) < 4.78 is 14.6. The minimum atomic E-state index is -0.960. The maximum Gasteiger partial charge on any atom is 0.335 e. The fourth-order valence-corrected chi connectivity index (χ4v) is 4.35. The molecule has 0 amide bonds. The van der Waals surface area contributed by atoms with Crippen molar-refractivity contribution in [2.24, 2.45) is 5.92 Å².